The highest BCUT2D eigenvalue weighted by Crippen LogP contribution is 2.22. The molecular weight excluding hydrogens is 387 g/mol. The van der Waals surface area contributed by atoms with E-state index in [0.717, 1.165) is 25.0 Å². The molecule has 3 rings (SSSR count). The normalized spacial score (nSPS) is 16.6. The van der Waals surface area contributed by atoms with Crippen LogP contribution in [-0.2, 0) is 14.8 Å². The Labute approximate surface area is 162 Å². The minimum atomic E-state index is -4.22. The number of amides is 1. The Balaban J connectivity index is 1.75. The molecule has 28 heavy (non-hydrogen) atoms. The Morgan fingerprint density at radius 2 is 2.00 bits per heavy atom. The van der Waals surface area contributed by atoms with Crippen molar-refractivity contribution in [3.63, 3.8) is 0 Å². The molecule has 2 aromatic carbocycles. The van der Waals surface area contributed by atoms with Crippen LogP contribution < -0.4 is 14.8 Å². The predicted octanol–water partition coefficient (Wildman–Crippen LogP) is 2.54. The Bertz CT molecular complexity index is 941. The van der Waals surface area contributed by atoms with E-state index in [1.807, 2.05) is 0 Å². The molecule has 0 radical (unpaired) electrons. The number of anilines is 1. The van der Waals surface area contributed by atoms with Crippen LogP contribution in [0.5, 0.6) is 5.75 Å². The van der Waals surface area contributed by atoms with Crippen LogP contribution in [0.3, 0.4) is 0 Å². The average molecular weight is 408 g/mol. The van der Waals surface area contributed by atoms with Gasteiger partial charge in [0.2, 0.25) is 0 Å². The average Bonchev–Trinajstić information content (AvgIpc) is 3.20. The van der Waals surface area contributed by atoms with Gasteiger partial charge in [-0.3, -0.25) is 9.52 Å². The standard InChI is InChI=1S/C19H21FN2O5S/c1-26-15-7-5-14(6-8-15)22-28(24,25)18-11-13(4-9-17(18)20)19(23)21-12-16-3-2-10-27-16/h4-9,11,16,22H,2-3,10,12H2,1H3,(H,21,23). The molecule has 1 aliphatic rings. The van der Waals surface area contributed by atoms with Gasteiger partial charge >= 0.3 is 0 Å². The minimum Gasteiger partial charge on any atom is -0.497 e. The van der Waals surface area contributed by atoms with Crippen LogP contribution in [0, 0.1) is 5.82 Å². The summed E-state index contributed by atoms with van der Waals surface area (Å²) in [6, 6.07) is 9.35. The first kappa shape index (κ1) is 20.1. The molecular formula is C19H21FN2O5S. The van der Waals surface area contributed by atoms with Crippen molar-refractivity contribution >= 4 is 21.6 Å². The molecule has 0 spiro atoms. The van der Waals surface area contributed by atoms with Crippen molar-refractivity contribution in [1.29, 1.82) is 0 Å². The number of methoxy groups -OCH3 is 1. The summed E-state index contributed by atoms with van der Waals surface area (Å²) in [5, 5.41) is 2.69. The Morgan fingerprint density at radius 3 is 2.64 bits per heavy atom. The molecule has 9 heteroatoms. The summed E-state index contributed by atoms with van der Waals surface area (Å²) < 4.78 is 52.1. The SMILES string of the molecule is COc1ccc(NS(=O)(=O)c2cc(C(=O)NCC3CCCO3)ccc2F)cc1. The van der Waals surface area contributed by atoms with Crippen molar-refractivity contribution in [2.24, 2.45) is 0 Å². The van der Waals surface area contributed by atoms with Gasteiger partial charge < -0.3 is 14.8 Å². The molecule has 1 heterocycles. The summed E-state index contributed by atoms with van der Waals surface area (Å²) in [5.41, 5.74) is 0.294. The summed E-state index contributed by atoms with van der Waals surface area (Å²) in [6.07, 6.45) is 1.75. The van der Waals surface area contributed by atoms with Crippen LogP contribution >= 0.6 is 0 Å². The number of sulfonamides is 1. The van der Waals surface area contributed by atoms with E-state index in [2.05, 4.69) is 10.0 Å². The van der Waals surface area contributed by atoms with Crippen molar-refractivity contribution in [2.45, 2.75) is 23.8 Å². The predicted molar refractivity (Wildman–Crippen MR) is 102 cm³/mol. The molecule has 0 aliphatic carbocycles. The first-order valence-electron chi connectivity index (χ1n) is 8.75. The van der Waals surface area contributed by atoms with Crippen LogP contribution in [0.1, 0.15) is 23.2 Å². The van der Waals surface area contributed by atoms with Crippen molar-refractivity contribution in [2.75, 3.05) is 25.0 Å². The first-order chi connectivity index (χ1) is 13.4. The maximum atomic E-state index is 14.2. The molecule has 1 saturated heterocycles. The molecule has 2 aromatic rings. The summed E-state index contributed by atoms with van der Waals surface area (Å²) in [6.45, 7) is 0.985. The van der Waals surface area contributed by atoms with Crippen LogP contribution in [0.15, 0.2) is 47.4 Å². The molecule has 1 aliphatic heterocycles. The number of halogens is 1. The van der Waals surface area contributed by atoms with E-state index < -0.39 is 26.6 Å². The van der Waals surface area contributed by atoms with Gasteiger partial charge in [0.05, 0.1) is 13.2 Å². The van der Waals surface area contributed by atoms with E-state index in [4.69, 9.17) is 9.47 Å². The quantitative estimate of drug-likeness (QED) is 0.734. The number of rotatable bonds is 7. The maximum Gasteiger partial charge on any atom is 0.264 e. The second-order valence-electron chi connectivity index (χ2n) is 6.32. The van der Waals surface area contributed by atoms with E-state index in [9.17, 15) is 17.6 Å². The zero-order valence-corrected chi connectivity index (χ0v) is 16.1. The van der Waals surface area contributed by atoms with E-state index in [-0.39, 0.29) is 17.4 Å². The summed E-state index contributed by atoms with van der Waals surface area (Å²) >= 11 is 0. The van der Waals surface area contributed by atoms with Gasteiger partial charge in [-0.05, 0) is 55.3 Å². The summed E-state index contributed by atoms with van der Waals surface area (Å²) in [4.78, 5) is 11.7. The van der Waals surface area contributed by atoms with Crippen LogP contribution in [-0.4, -0.2) is 40.7 Å². The van der Waals surface area contributed by atoms with Crippen LogP contribution in [0.25, 0.3) is 0 Å². The Hall–Kier alpha value is -2.65. The highest BCUT2D eigenvalue weighted by Gasteiger charge is 2.22. The van der Waals surface area contributed by atoms with E-state index >= 15 is 0 Å². The lowest BCUT2D eigenvalue weighted by atomic mass is 10.2. The first-order valence-corrected chi connectivity index (χ1v) is 10.2. The highest BCUT2D eigenvalue weighted by atomic mass is 32.2. The lowest BCUT2D eigenvalue weighted by Gasteiger charge is -2.13. The fraction of sp³-hybridized carbons (Fsp3) is 0.316. The lowest BCUT2D eigenvalue weighted by Crippen LogP contribution is -2.32. The minimum absolute atomic E-state index is 0.0505. The van der Waals surface area contributed by atoms with E-state index in [0.29, 0.717) is 18.9 Å². The van der Waals surface area contributed by atoms with E-state index in [1.54, 1.807) is 12.1 Å². The molecule has 1 unspecified atom stereocenters. The third kappa shape index (κ3) is 4.79. The van der Waals surface area contributed by atoms with Gasteiger partial charge in [0.1, 0.15) is 16.5 Å². The maximum absolute atomic E-state index is 14.2. The van der Waals surface area contributed by atoms with Gasteiger partial charge in [-0.25, -0.2) is 12.8 Å². The van der Waals surface area contributed by atoms with Gasteiger partial charge in [-0.1, -0.05) is 0 Å². The smallest absolute Gasteiger partial charge is 0.264 e. The number of carbonyl (C=O) groups excluding carboxylic acids is 1. The van der Waals surface area contributed by atoms with Crippen molar-refractivity contribution in [3.8, 4) is 5.75 Å². The number of carbonyl (C=O) groups is 1. The number of nitrogens with one attached hydrogen (secondary N) is 2. The highest BCUT2D eigenvalue weighted by molar-refractivity contribution is 7.92. The molecule has 0 bridgehead atoms. The van der Waals surface area contributed by atoms with Crippen LogP contribution in [0.2, 0.25) is 0 Å². The van der Waals surface area contributed by atoms with Crippen LogP contribution in [0.4, 0.5) is 10.1 Å². The monoisotopic (exact) mass is 408 g/mol. The van der Waals surface area contributed by atoms with Crippen molar-refractivity contribution in [1.82, 2.24) is 5.32 Å². The molecule has 0 saturated carbocycles. The Kier molecular flexibility index (Phi) is 6.15. The molecule has 7 nitrogen and oxygen atoms in total. The third-order valence-corrected chi connectivity index (χ3v) is 5.74. The fourth-order valence-corrected chi connectivity index (χ4v) is 4.00. The van der Waals surface area contributed by atoms with E-state index in [1.165, 1.54) is 25.3 Å². The summed E-state index contributed by atoms with van der Waals surface area (Å²) in [7, 11) is -2.73. The zero-order chi connectivity index (χ0) is 20.1. The summed E-state index contributed by atoms with van der Waals surface area (Å²) in [5.74, 6) is -0.882. The van der Waals surface area contributed by atoms with Crippen molar-refractivity contribution in [3.05, 3.63) is 53.8 Å². The van der Waals surface area contributed by atoms with Crippen molar-refractivity contribution < 1.29 is 27.1 Å². The topological polar surface area (TPSA) is 93.7 Å². The largest absolute Gasteiger partial charge is 0.497 e. The molecule has 1 fully saturated rings. The van der Waals surface area contributed by atoms with Gasteiger partial charge in [-0.2, -0.15) is 0 Å². The fourth-order valence-electron chi connectivity index (χ4n) is 2.83. The van der Waals surface area contributed by atoms with Gasteiger partial charge in [0.25, 0.3) is 15.9 Å². The number of hydrogen-bond acceptors (Lipinski definition) is 5. The number of benzene rings is 2. The number of hydrogen-bond donors (Lipinski definition) is 2. The van der Waals surface area contributed by atoms with Gasteiger partial charge in [0, 0.05) is 24.4 Å². The molecule has 2 N–H and O–H groups in total. The number of ether oxygens (including phenoxy) is 2. The van der Waals surface area contributed by atoms with Gasteiger partial charge in [-0.15, -0.1) is 0 Å². The molecule has 1 atom stereocenters. The van der Waals surface area contributed by atoms with Gasteiger partial charge in [0.15, 0.2) is 0 Å². The molecule has 150 valence electrons. The second-order valence-corrected chi connectivity index (χ2v) is 7.98. The lowest BCUT2D eigenvalue weighted by molar-refractivity contribution is 0.0857. The Morgan fingerprint density at radius 1 is 1.25 bits per heavy atom. The molecule has 1 amide bonds. The third-order valence-electron chi connectivity index (χ3n) is 4.34. The second kappa shape index (κ2) is 8.57. The molecule has 0 aromatic heterocycles. The zero-order valence-electron chi connectivity index (χ0n) is 15.3.